The number of rotatable bonds is 9. The van der Waals surface area contributed by atoms with Gasteiger partial charge in [-0.1, -0.05) is 30.3 Å². The average molecular weight is 631 g/mol. The maximum absolute atomic E-state index is 14.3. The fraction of sp³-hybridized carbons (Fsp3) is 0.500. The van der Waals surface area contributed by atoms with E-state index in [1.54, 1.807) is 0 Å². The van der Waals surface area contributed by atoms with Crippen molar-refractivity contribution in [3.8, 4) is 22.8 Å². The van der Waals surface area contributed by atoms with Crippen LogP contribution in [0.4, 0.5) is 4.39 Å². The van der Waals surface area contributed by atoms with Crippen LogP contribution in [0.15, 0.2) is 54.7 Å². The van der Waals surface area contributed by atoms with Gasteiger partial charge in [0.15, 0.2) is 0 Å². The normalized spacial score (nSPS) is 24.4. The molecule has 1 amide bonds. The summed E-state index contributed by atoms with van der Waals surface area (Å²) in [6.45, 7) is 11.5. The van der Waals surface area contributed by atoms with Gasteiger partial charge >= 0.3 is 0 Å². The minimum Gasteiger partial charge on any atom is -0.438 e. The van der Waals surface area contributed by atoms with Gasteiger partial charge in [0.05, 0.1) is 19.4 Å². The number of carbonyl (C=O) groups is 1. The minimum atomic E-state index is -0.588. The van der Waals surface area contributed by atoms with Crippen molar-refractivity contribution in [2.45, 2.75) is 76.8 Å². The number of hydrogen-bond donors (Lipinski definition) is 3. The van der Waals surface area contributed by atoms with E-state index in [0.717, 1.165) is 95.5 Å². The second kappa shape index (κ2) is 15.0. The van der Waals surface area contributed by atoms with Gasteiger partial charge in [-0.15, -0.1) is 0 Å². The van der Waals surface area contributed by atoms with Crippen molar-refractivity contribution in [1.82, 2.24) is 25.4 Å². The molecule has 0 spiro atoms. The van der Waals surface area contributed by atoms with Crippen molar-refractivity contribution >= 4 is 5.91 Å². The molecule has 2 aromatic carbocycles. The predicted molar refractivity (Wildman–Crippen MR) is 177 cm³/mol. The SMILES string of the molecule is C[C@@H]1CN(Cc2ccc(-c3cccc(Oc4ncc(F)cc4C(=O)NC4CCC(N)CC4)c3)c(CN3CCOCC3)c2)C[C@H](C)N1. The number of benzene rings is 2. The first-order valence-electron chi connectivity index (χ1n) is 16.7. The summed E-state index contributed by atoms with van der Waals surface area (Å²) >= 11 is 0. The van der Waals surface area contributed by atoms with Gasteiger partial charge in [0.25, 0.3) is 5.91 Å². The minimum absolute atomic E-state index is 0.00187. The van der Waals surface area contributed by atoms with Crippen LogP contribution < -0.4 is 21.1 Å². The van der Waals surface area contributed by atoms with E-state index in [-0.39, 0.29) is 23.5 Å². The number of amides is 1. The first-order valence-corrected chi connectivity index (χ1v) is 16.7. The Balaban J connectivity index is 1.24. The van der Waals surface area contributed by atoms with Crippen LogP contribution in [-0.4, -0.2) is 84.3 Å². The Hall–Kier alpha value is -3.41. The second-order valence-electron chi connectivity index (χ2n) is 13.3. The first kappa shape index (κ1) is 32.5. The molecule has 6 rings (SSSR count). The smallest absolute Gasteiger partial charge is 0.257 e. The Morgan fingerprint density at radius 3 is 2.54 bits per heavy atom. The molecular formula is C36H47FN6O3. The van der Waals surface area contributed by atoms with E-state index in [2.05, 4.69) is 63.5 Å². The number of pyridine rings is 1. The summed E-state index contributed by atoms with van der Waals surface area (Å²) < 4.78 is 26.1. The Kier molecular flexibility index (Phi) is 10.6. The molecule has 4 N–H and O–H groups in total. The summed E-state index contributed by atoms with van der Waals surface area (Å²) in [7, 11) is 0. The van der Waals surface area contributed by atoms with E-state index >= 15 is 0 Å². The lowest BCUT2D eigenvalue weighted by Crippen LogP contribution is -2.53. The maximum atomic E-state index is 14.3. The molecule has 1 aromatic heterocycles. The third-order valence-corrected chi connectivity index (χ3v) is 9.24. The fourth-order valence-electron chi connectivity index (χ4n) is 7.02. The van der Waals surface area contributed by atoms with Gasteiger partial charge in [0.1, 0.15) is 17.1 Å². The van der Waals surface area contributed by atoms with Gasteiger partial charge in [-0.3, -0.25) is 14.6 Å². The van der Waals surface area contributed by atoms with E-state index in [0.29, 0.717) is 17.8 Å². The molecule has 1 aliphatic carbocycles. The Morgan fingerprint density at radius 1 is 1.02 bits per heavy atom. The van der Waals surface area contributed by atoms with Crippen molar-refractivity contribution in [3.63, 3.8) is 0 Å². The lowest BCUT2D eigenvalue weighted by molar-refractivity contribution is 0.0342. The summed E-state index contributed by atoms with van der Waals surface area (Å²) in [4.78, 5) is 22.4. The second-order valence-corrected chi connectivity index (χ2v) is 13.3. The summed E-state index contributed by atoms with van der Waals surface area (Å²) in [6.07, 6.45) is 4.38. The van der Waals surface area contributed by atoms with Gasteiger partial charge in [0.2, 0.25) is 5.88 Å². The molecule has 0 bridgehead atoms. The average Bonchev–Trinajstić information content (AvgIpc) is 3.03. The van der Waals surface area contributed by atoms with Crippen LogP contribution in [0.2, 0.25) is 0 Å². The monoisotopic (exact) mass is 630 g/mol. The van der Waals surface area contributed by atoms with Crippen molar-refractivity contribution in [2.24, 2.45) is 5.73 Å². The van der Waals surface area contributed by atoms with Crippen LogP contribution in [0.3, 0.4) is 0 Å². The van der Waals surface area contributed by atoms with Gasteiger partial charge < -0.3 is 25.8 Å². The molecule has 3 heterocycles. The molecule has 246 valence electrons. The molecule has 2 saturated heterocycles. The maximum Gasteiger partial charge on any atom is 0.257 e. The van der Waals surface area contributed by atoms with E-state index in [4.69, 9.17) is 15.2 Å². The van der Waals surface area contributed by atoms with E-state index in [1.165, 1.54) is 17.2 Å². The number of nitrogens with two attached hydrogens (primary N) is 1. The highest BCUT2D eigenvalue weighted by molar-refractivity contribution is 5.96. The Bertz CT molecular complexity index is 1480. The molecule has 0 radical (unpaired) electrons. The van der Waals surface area contributed by atoms with E-state index in [9.17, 15) is 9.18 Å². The van der Waals surface area contributed by atoms with Gasteiger partial charge in [-0.2, -0.15) is 0 Å². The third kappa shape index (κ3) is 8.49. The van der Waals surface area contributed by atoms with Crippen LogP contribution >= 0.6 is 0 Å². The van der Waals surface area contributed by atoms with Gasteiger partial charge in [-0.05, 0) is 80.0 Å². The van der Waals surface area contributed by atoms with Gasteiger partial charge in [-0.25, -0.2) is 9.37 Å². The molecular weight excluding hydrogens is 583 g/mol. The number of morpholine rings is 1. The largest absolute Gasteiger partial charge is 0.438 e. The lowest BCUT2D eigenvalue weighted by atomic mass is 9.91. The molecule has 2 aliphatic heterocycles. The molecule has 9 nitrogen and oxygen atoms in total. The zero-order chi connectivity index (χ0) is 32.0. The molecule has 0 unspecified atom stereocenters. The standard InChI is InChI=1S/C36H47FN6O3/c1-24-20-43(21-25(2)40-24)22-26-6-11-33(28(16-26)23-42-12-14-45-15-13-42)27-4-3-5-32(17-27)46-36-34(18-29(37)19-39-36)35(44)41-31-9-7-30(38)8-10-31/h3-6,11,16-19,24-25,30-31,40H,7-10,12-15,20-23,38H2,1-2H3,(H,41,44)/t24-,25+,30?,31?. The highest BCUT2D eigenvalue weighted by Gasteiger charge is 2.24. The number of ether oxygens (including phenoxy) is 2. The number of aromatic nitrogens is 1. The number of hydrogen-bond acceptors (Lipinski definition) is 8. The van der Waals surface area contributed by atoms with Crippen LogP contribution in [0, 0.1) is 5.82 Å². The summed E-state index contributed by atoms with van der Waals surface area (Å²) in [5.41, 5.74) is 10.8. The Labute approximate surface area is 271 Å². The zero-order valence-corrected chi connectivity index (χ0v) is 27.0. The number of nitrogens with one attached hydrogen (secondary N) is 2. The number of halogens is 1. The number of nitrogens with zero attached hydrogens (tertiary/aromatic N) is 3. The van der Waals surface area contributed by atoms with Crippen LogP contribution in [-0.2, 0) is 17.8 Å². The third-order valence-electron chi connectivity index (χ3n) is 9.24. The molecule has 3 aromatic rings. The zero-order valence-electron chi connectivity index (χ0n) is 27.0. The molecule has 3 aliphatic rings. The molecule has 2 atom stereocenters. The molecule has 10 heteroatoms. The molecule has 3 fully saturated rings. The van der Waals surface area contributed by atoms with Crippen molar-refractivity contribution in [1.29, 1.82) is 0 Å². The summed E-state index contributed by atoms with van der Waals surface area (Å²) in [6, 6.07) is 16.9. The van der Waals surface area contributed by atoms with Gasteiger partial charge in [0, 0.05) is 63.4 Å². The number of piperazine rings is 1. The summed E-state index contributed by atoms with van der Waals surface area (Å²) in [5, 5.41) is 6.65. The molecule has 46 heavy (non-hydrogen) atoms. The van der Waals surface area contributed by atoms with E-state index in [1.807, 2.05) is 18.2 Å². The Morgan fingerprint density at radius 2 is 1.78 bits per heavy atom. The predicted octanol–water partition coefficient (Wildman–Crippen LogP) is 4.69. The molecule has 1 saturated carbocycles. The lowest BCUT2D eigenvalue weighted by Gasteiger charge is -2.36. The van der Waals surface area contributed by atoms with Crippen LogP contribution in [0.1, 0.15) is 61.0 Å². The highest BCUT2D eigenvalue weighted by Crippen LogP contribution is 2.32. The van der Waals surface area contributed by atoms with Crippen LogP contribution in [0.25, 0.3) is 11.1 Å². The van der Waals surface area contributed by atoms with E-state index < -0.39 is 11.7 Å². The van der Waals surface area contributed by atoms with Crippen molar-refractivity contribution < 1.29 is 18.7 Å². The van der Waals surface area contributed by atoms with Crippen LogP contribution in [0.5, 0.6) is 11.6 Å². The first-order chi connectivity index (χ1) is 22.3. The number of carbonyl (C=O) groups excluding carboxylic acids is 1. The van der Waals surface area contributed by atoms with Crippen molar-refractivity contribution in [3.05, 3.63) is 77.2 Å². The quantitative estimate of drug-likeness (QED) is 0.313. The van der Waals surface area contributed by atoms with Crippen molar-refractivity contribution in [2.75, 3.05) is 39.4 Å². The highest BCUT2D eigenvalue weighted by atomic mass is 19.1. The summed E-state index contributed by atoms with van der Waals surface area (Å²) in [5.74, 6) is -0.379. The fourth-order valence-corrected chi connectivity index (χ4v) is 7.02. The topological polar surface area (TPSA) is 105 Å².